The zero-order chi connectivity index (χ0) is 30.7. The Hall–Kier alpha value is -3.49. The van der Waals surface area contributed by atoms with Gasteiger partial charge in [-0.15, -0.1) is 0 Å². The summed E-state index contributed by atoms with van der Waals surface area (Å²) in [5, 5.41) is 0. The lowest BCUT2D eigenvalue weighted by Crippen LogP contribution is -2.58. The van der Waals surface area contributed by atoms with E-state index in [-0.39, 0.29) is 23.8 Å². The number of halogens is 5. The molecule has 230 valence electrons. The number of para-hydroxylation sites is 1. The number of nitrogens with zero attached hydrogens (tertiary/aromatic N) is 4. The first kappa shape index (κ1) is 31.0. The third-order valence-corrected chi connectivity index (χ3v) is 8.15. The average molecular weight is 714 g/mol. The maximum Gasteiger partial charge on any atom is 0.412 e. The van der Waals surface area contributed by atoms with Crippen molar-refractivity contribution in [3.8, 4) is 5.75 Å². The van der Waals surface area contributed by atoms with Crippen LogP contribution < -0.4 is 9.64 Å². The Morgan fingerprint density at radius 2 is 1.77 bits per heavy atom. The number of allylic oxidation sites excluding steroid dienone is 2. The minimum atomic E-state index is -4.57. The number of rotatable bonds is 7. The highest BCUT2D eigenvalue weighted by atomic mass is 127. The van der Waals surface area contributed by atoms with Crippen LogP contribution in [0.4, 0.5) is 28.9 Å². The van der Waals surface area contributed by atoms with Crippen molar-refractivity contribution >= 4 is 45.9 Å². The lowest BCUT2D eigenvalue weighted by molar-refractivity contribution is -0.142. The number of carbonyl (C=O) groups excluding carboxylic acids is 1. The standard InChI is InChI=1S/C30H31F4IN4O4/c1-41-26-10-9-19(30(32,33)34)15-25(26)39-24(17-27(40)42-2)22-7-4-8-23(31)28(22)36-29(39)38-13-11-37(12-14-38)20-5-3-6-21(16-20)43-18-35/h3-10,16,24-25H,11-15,17-18H2,1-2H3. The maximum absolute atomic E-state index is 15.2. The Kier molecular flexibility index (Phi) is 9.37. The van der Waals surface area contributed by atoms with Crippen molar-refractivity contribution < 1.29 is 36.6 Å². The van der Waals surface area contributed by atoms with Crippen molar-refractivity contribution in [1.29, 1.82) is 0 Å². The van der Waals surface area contributed by atoms with Crippen molar-refractivity contribution in [2.45, 2.75) is 31.1 Å². The van der Waals surface area contributed by atoms with Crippen LogP contribution >= 0.6 is 22.6 Å². The molecule has 0 N–H and O–H groups in total. The smallest absolute Gasteiger partial charge is 0.412 e. The van der Waals surface area contributed by atoms with Gasteiger partial charge in [-0.25, -0.2) is 9.38 Å². The van der Waals surface area contributed by atoms with E-state index in [0.717, 1.165) is 17.5 Å². The van der Waals surface area contributed by atoms with Gasteiger partial charge >= 0.3 is 12.1 Å². The fraction of sp³-hybridized carbons (Fsp3) is 0.400. The van der Waals surface area contributed by atoms with Gasteiger partial charge in [0.1, 0.15) is 27.6 Å². The minimum Gasteiger partial charge on any atom is -0.499 e. The number of fused-ring (bicyclic) bond motifs is 1. The van der Waals surface area contributed by atoms with Gasteiger partial charge < -0.3 is 28.9 Å². The van der Waals surface area contributed by atoms with Gasteiger partial charge in [-0.1, -0.05) is 24.3 Å². The number of anilines is 1. The summed E-state index contributed by atoms with van der Waals surface area (Å²) in [7, 11) is 2.63. The van der Waals surface area contributed by atoms with E-state index in [4.69, 9.17) is 19.2 Å². The van der Waals surface area contributed by atoms with Crippen molar-refractivity contribution in [1.82, 2.24) is 9.80 Å². The van der Waals surface area contributed by atoms with E-state index < -0.39 is 42.0 Å². The zero-order valence-corrected chi connectivity index (χ0v) is 25.8. The summed E-state index contributed by atoms with van der Waals surface area (Å²) in [6.45, 7) is 2.03. The second kappa shape index (κ2) is 13.0. The average Bonchev–Trinajstić information content (AvgIpc) is 3.01. The van der Waals surface area contributed by atoms with Gasteiger partial charge in [0, 0.05) is 55.5 Å². The van der Waals surface area contributed by atoms with Gasteiger partial charge in [0.25, 0.3) is 0 Å². The molecular formula is C30H31F4IN4O4. The van der Waals surface area contributed by atoms with Crippen molar-refractivity contribution in [2.75, 3.05) is 49.9 Å². The lowest BCUT2D eigenvalue weighted by Gasteiger charge is -2.48. The Labute approximate surface area is 260 Å². The maximum atomic E-state index is 15.2. The van der Waals surface area contributed by atoms with E-state index in [9.17, 15) is 18.0 Å². The molecule has 1 fully saturated rings. The van der Waals surface area contributed by atoms with E-state index in [1.54, 1.807) is 11.0 Å². The van der Waals surface area contributed by atoms with Gasteiger partial charge in [-0.05, 0) is 46.9 Å². The molecule has 1 saturated heterocycles. The second-order valence-corrected chi connectivity index (χ2v) is 10.8. The van der Waals surface area contributed by atoms with Crippen LogP contribution in [0.15, 0.2) is 70.9 Å². The molecule has 8 nitrogen and oxygen atoms in total. The number of guanidine groups is 1. The van der Waals surface area contributed by atoms with E-state index in [1.807, 2.05) is 29.2 Å². The predicted octanol–water partition coefficient (Wildman–Crippen LogP) is 6.12. The molecule has 13 heteroatoms. The van der Waals surface area contributed by atoms with Crippen LogP contribution in [-0.4, -0.2) is 79.0 Å². The fourth-order valence-electron chi connectivity index (χ4n) is 5.72. The molecule has 2 atom stereocenters. The molecule has 2 aliphatic heterocycles. The zero-order valence-electron chi connectivity index (χ0n) is 23.6. The summed E-state index contributed by atoms with van der Waals surface area (Å²) in [4.78, 5) is 23.2. The van der Waals surface area contributed by atoms with Crippen LogP contribution in [0.3, 0.4) is 0 Å². The molecule has 0 saturated carbocycles. The highest BCUT2D eigenvalue weighted by molar-refractivity contribution is 14.1. The molecule has 2 aromatic rings. The SMILES string of the molecule is COC(=O)CC1c2cccc(F)c2N=C(N2CCN(c3cccc(OCI)c3)CC2)N1C1CC(C(F)(F)F)=CC=C1OC. The van der Waals surface area contributed by atoms with E-state index in [2.05, 4.69) is 27.5 Å². The highest BCUT2D eigenvalue weighted by Gasteiger charge is 2.45. The van der Waals surface area contributed by atoms with Gasteiger partial charge in [-0.2, -0.15) is 13.2 Å². The quantitative estimate of drug-likeness (QED) is 0.148. The lowest BCUT2D eigenvalue weighted by atomic mass is 9.91. The first-order valence-electron chi connectivity index (χ1n) is 13.7. The van der Waals surface area contributed by atoms with Gasteiger partial charge in [0.15, 0.2) is 0 Å². The molecule has 0 aromatic heterocycles. The van der Waals surface area contributed by atoms with Crippen LogP contribution in [0.25, 0.3) is 0 Å². The summed E-state index contributed by atoms with van der Waals surface area (Å²) >= 11 is 2.13. The first-order chi connectivity index (χ1) is 20.6. The number of esters is 1. The predicted molar refractivity (Wildman–Crippen MR) is 162 cm³/mol. The van der Waals surface area contributed by atoms with Crippen molar-refractivity contribution in [3.05, 3.63) is 77.3 Å². The number of aliphatic imine (C=N–C) groups is 1. The molecule has 2 heterocycles. The Morgan fingerprint density at radius 1 is 1.05 bits per heavy atom. The van der Waals surface area contributed by atoms with Gasteiger partial charge in [-0.3, -0.25) is 4.79 Å². The summed E-state index contributed by atoms with van der Waals surface area (Å²) in [6.07, 6.45) is -2.92. The monoisotopic (exact) mass is 714 g/mol. The minimum absolute atomic E-state index is 0.0547. The summed E-state index contributed by atoms with van der Waals surface area (Å²) in [6, 6.07) is 10.3. The van der Waals surface area contributed by atoms with E-state index >= 15 is 4.39 Å². The number of carbonyl (C=O) groups is 1. The van der Waals surface area contributed by atoms with Crippen LogP contribution in [0.2, 0.25) is 0 Å². The molecule has 43 heavy (non-hydrogen) atoms. The number of methoxy groups -OCH3 is 2. The molecule has 1 aliphatic carbocycles. The molecule has 2 aromatic carbocycles. The molecule has 2 unspecified atom stereocenters. The van der Waals surface area contributed by atoms with E-state index in [1.165, 1.54) is 32.4 Å². The number of hydrogen-bond donors (Lipinski definition) is 0. The normalized spacial score (nSPS) is 20.5. The number of hydrogen-bond acceptors (Lipinski definition) is 8. The molecule has 0 radical (unpaired) electrons. The molecule has 0 spiro atoms. The third-order valence-electron chi connectivity index (χ3n) is 7.84. The number of alkyl halides is 4. The number of ether oxygens (including phenoxy) is 3. The second-order valence-electron chi connectivity index (χ2n) is 10.2. The molecule has 5 rings (SSSR count). The van der Waals surface area contributed by atoms with Crippen LogP contribution in [-0.2, 0) is 14.3 Å². The van der Waals surface area contributed by atoms with Crippen LogP contribution in [0.1, 0.15) is 24.4 Å². The van der Waals surface area contributed by atoms with Gasteiger partial charge in [0.05, 0.1) is 32.7 Å². The van der Waals surface area contributed by atoms with Crippen molar-refractivity contribution in [3.63, 3.8) is 0 Å². The van der Waals surface area contributed by atoms with Crippen molar-refractivity contribution in [2.24, 2.45) is 4.99 Å². The Balaban J connectivity index is 1.54. The molecular weight excluding hydrogens is 683 g/mol. The molecule has 0 amide bonds. The Bertz CT molecular complexity index is 1440. The first-order valence-corrected chi connectivity index (χ1v) is 15.2. The third kappa shape index (κ3) is 6.55. The molecule has 0 bridgehead atoms. The van der Waals surface area contributed by atoms with Crippen LogP contribution in [0.5, 0.6) is 5.75 Å². The Morgan fingerprint density at radius 3 is 2.44 bits per heavy atom. The fourth-order valence-corrected chi connectivity index (χ4v) is 6.08. The number of piperazine rings is 1. The summed E-state index contributed by atoms with van der Waals surface area (Å²) < 4.78 is 73.8. The topological polar surface area (TPSA) is 66.8 Å². The highest BCUT2D eigenvalue weighted by Crippen LogP contribution is 2.45. The van der Waals surface area contributed by atoms with Gasteiger partial charge in [0.2, 0.25) is 5.96 Å². The van der Waals surface area contributed by atoms with E-state index in [0.29, 0.717) is 36.4 Å². The largest absolute Gasteiger partial charge is 0.499 e. The summed E-state index contributed by atoms with van der Waals surface area (Å²) in [5.41, 5.74) is 0.677. The number of benzene rings is 2. The summed E-state index contributed by atoms with van der Waals surface area (Å²) in [5.74, 6) is 0.137. The van der Waals surface area contributed by atoms with Crippen LogP contribution in [0, 0.1) is 5.82 Å². The molecule has 3 aliphatic rings.